The van der Waals surface area contributed by atoms with Gasteiger partial charge in [-0.15, -0.1) is 0 Å². The molecule has 0 saturated heterocycles. The molecule has 1 heterocycles. The molecule has 3 rings (SSSR count). The Morgan fingerprint density at radius 1 is 1.14 bits per heavy atom. The van der Waals surface area contributed by atoms with Crippen molar-refractivity contribution in [2.75, 3.05) is 6.61 Å². The standard InChI is InChI=1S/C17H12FNO3/c18-13-6-4-5-12(9-13)10-15-17(20)22-16(19-15)11-21-14-7-2-1-3-8-14/h1-10H,11H2/b15-10+. The Bertz CT molecular complexity index is 754. The molecule has 0 fully saturated rings. The molecule has 0 N–H and O–H groups in total. The second-order valence-electron chi connectivity index (χ2n) is 4.58. The van der Waals surface area contributed by atoms with Crippen LogP contribution in [-0.2, 0) is 9.53 Å². The molecule has 0 aromatic heterocycles. The summed E-state index contributed by atoms with van der Waals surface area (Å²) in [6.07, 6.45) is 1.47. The SMILES string of the molecule is O=C1OC(COc2ccccc2)=N/C1=C/c1cccc(F)c1. The lowest BCUT2D eigenvalue weighted by atomic mass is 10.2. The van der Waals surface area contributed by atoms with Crippen molar-refractivity contribution in [1.82, 2.24) is 0 Å². The summed E-state index contributed by atoms with van der Waals surface area (Å²) in [5.74, 6) is -0.117. The van der Waals surface area contributed by atoms with Crippen LogP contribution < -0.4 is 4.74 Å². The number of cyclic esters (lactones) is 1. The lowest BCUT2D eigenvalue weighted by Crippen LogP contribution is -2.13. The predicted molar refractivity (Wildman–Crippen MR) is 79.8 cm³/mol. The number of rotatable bonds is 4. The van der Waals surface area contributed by atoms with Crippen LogP contribution in [0.5, 0.6) is 5.75 Å². The monoisotopic (exact) mass is 297 g/mol. The molecular formula is C17H12FNO3. The van der Waals surface area contributed by atoms with Gasteiger partial charge >= 0.3 is 5.97 Å². The van der Waals surface area contributed by atoms with E-state index in [-0.39, 0.29) is 24.0 Å². The Kier molecular flexibility index (Phi) is 3.96. The molecule has 22 heavy (non-hydrogen) atoms. The first-order valence-electron chi connectivity index (χ1n) is 6.65. The highest BCUT2D eigenvalue weighted by molar-refractivity contribution is 6.07. The number of esters is 1. The van der Waals surface area contributed by atoms with Gasteiger partial charge in [0, 0.05) is 0 Å². The second-order valence-corrected chi connectivity index (χ2v) is 4.58. The molecule has 0 atom stereocenters. The zero-order valence-electron chi connectivity index (χ0n) is 11.5. The normalized spacial score (nSPS) is 15.6. The van der Waals surface area contributed by atoms with Gasteiger partial charge in [0.2, 0.25) is 5.90 Å². The molecule has 2 aromatic carbocycles. The van der Waals surface area contributed by atoms with Crippen LogP contribution in [0.15, 0.2) is 65.3 Å². The van der Waals surface area contributed by atoms with E-state index in [4.69, 9.17) is 9.47 Å². The number of nitrogens with zero attached hydrogens (tertiary/aromatic N) is 1. The fourth-order valence-corrected chi connectivity index (χ4v) is 1.93. The Morgan fingerprint density at radius 2 is 1.95 bits per heavy atom. The number of benzene rings is 2. The molecule has 110 valence electrons. The predicted octanol–water partition coefficient (Wildman–Crippen LogP) is 3.20. The highest BCUT2D eigenvalue weighted by Gasteiger charge is 2.23. The summed E-state index contributed by atoms with van der Waals surface area (Å²) in [7, 11) is 0. The van der Waals surface area contributed by atoms with Gasteiger partial charge in [-0.05, 0) is 35.9 Å². The summed E-state index contributed by atoms with van der Waals surface area (Å²) in [4.78, 5) is 15.8. The molecule has 5 heteroatoms. The molecule has 0 amide bonds. The Balaban J connectivity index is 1.71. The Labute approximate surface area is 126 Å². The third-order valence-corrected chi connectivity index (χ3v) is 2.92. The highest BCUT2D eigenvalue weighted by atomic mass is 19.1. The molecule has 2 aromatic rings. The fraction of sp³-hybridized carbons (Fsp3) is 0.0588. The number of halogens is 1. The lowest BCUT2D eigenvalue weighted by Gasteiger charge is -2.03. The summed E-state index contributed by atoms with van der Waals surface area (Å²) >= 11 is 0. The molecule has 0 radical (unpaired) electrons. The zero-order chi connectivity index (χ0) is 15.4. The van der Waals surface area contributed by atoms with Gasteiger partial charge in [-0.1, -0.05) is 30.3 Å². The summed E-state index contributed by atoms with van der Waals surface area (Å²) in [6, 6.07) is 15.0. The van der Waals surface area contributed by atoms with Crippen LogP contribution in [0.2, 0.25) is 0 Å². The van der Waals surface area contributed by atoms with Crippen LogP contribution in [0.3, 0.4) is 0 Å². The van der Waals surface area contributed by atoms with Gasteiger partial charge in [-0.2, -0.15) is 0 Å². The van der Waals surface area contributed by atoms with Crippen LogP contribution in [0, 0.1) is 5.82 Å². The average molecular weight is 297 g/mol. The molecule has 4 nitrogen and oxygen atoms in total. The third kappa shape index (κ3) is 3.38. The van der Waals surface area contributed by atoms with Crippen molar-refractivity contribution in [3.05, 3.63) is 71.7 Å². The highest BCUT2D eigenvalue weighted by Crippen LogP contribution is 2.17. The minimum absolute atomic E-state index is 0.0518. The quantitative estimate of drug-likeness (QED) is 0.643. The van der Waals surface area contributed by atoms with E-state index in [1.165, 1.54) is 18.2 Å². The second kappa shape index (κ2) is 6.22. The lowest BCUT2D eigenvalue weighted by molar-refractivity contribution is -0.130. The number of hydrogen-bond acceptors (Lipinski definition) is 4. The van der Waals surface area contributed by atoms with Crippen LogP contribution >= 0.6 is 0 Å². The van der Waals surface area contributed by atoms with Crippen molar-refractivity contribution in [3.8, 4) is 5.75 Å². The summed E-state index contributed by atoms with van der Waals surface area (Å²) in [5, 5.41) is 0. The van der Waals surface area contributed by atoms with E-state index >= 15 is 0 Å². The molecule has 1 aliphatic heterocycles. The molecule has 0 aliphatic carbocycles. The minimum Gasteiger partial charge on any atom is -0.484 e. The smallest absolute Gasteiger partial charge is 0.363 e. The molecule has 0 unspecified atom stereocenters. The molecule has 1 aliphatic rings. The number of aliphatic imine (C=N–C) groups is 1. The van der Waals surface area contributed by atoms with Crippen molar-refractivity contribution in [2.45, 2.75) is 0 Å². The topological polar surface area (TPSA) is 47.9 Å². The maximum atomic E-state index is 13.1. The first-order valence-corrected chi connectivity index (χ1v) is 6.65. The van der Waals surface area contributed by atoms with E-state index < -0.39 is 5.97 Å². The van der Waals surface area contributed by atoms with E-state index in [1.807, 2.05) is 18.2 Å². The molecule has 0 bridgehead atoms. The van der Waals surface area contributed by atoms with Crippen LogP contribution in [-0.4, -0.2) is 18.5 Å². The summed E-state index contributed by atoms with van der Waals surface area (Å²) in [6.45, 7) is 0.0518. The first kappa shape index (κ1) is 14.0. The van der Waals surface area contributed by atoms with Gasteiger partial charge in [0.15, 0.2) is 12.3 Å². The summed E-state index contributed by atoms with van der Waals surface area (Å²) < 4.78 is 23.6. The Morgan fingerprint density at radius 3 is 2.73 bits per heavy atom. The van der Waals surface area contributed by atoms with Gasteiger partial charge in [0.25, 0.3) is 0 Å². The Hall–Kier alpha value is -2.95. The van der Waals surface area contributed by atoms with E-state index in [0.29, 0.717) is 11.3 Å². The molecule has 0 spiro atoms. The number of hydrogen-bond donors (Lipinski definition) is 0. The van der Waals surface area contributed by atoms with Gasteiger partial charge in [-0.3, -0.25) is 0 Å². The summed E-state index contributed by atoms with van der Waals surface area (Å²) in [5.41, 5.74) is 0.665. The third-order valence-electron chi connectivity index (χ3n) is 2.92. The van der Waals surface area contributed by atoms with Crippen molar-refractivity contribution in [3.63, 3.8) is 0 Å². The van der Waals surface area contributed by atoms with E-state index in [1.54, 1.807) is 24.3 Å². The minimum atomic E-state index is -0.573. The van der Waals surface area contributed by atoms with E-state index in [2.05, 4.69) is 4.99 Å². The van der Waals surface area contributed by atoms with Crippen LogP contribution in [0.25, 0.3) is 6.08 Å². The van der Waals surface area contributed by atoms with E-state index in [9.17, 15) is 9.18 Å². The van der Waals surface area contributed by atoms with Gasteiger partial charge in [-0.25, -0.2) is 14.2 Å². The number of carbonyl (C=O) groups is 1. The largest absolute Gasteiger partial charge is 0.484 e. The van der Waals surface area contributed by atoms with Crippen molar-refractivity contribution >= 4 is 17.9 Å². The van der Waals surface area contributed by atoms with Crippen molar-refractivity contribution in [2.24, 2.45) is 4.99 Å². The zero-order valence-corrected chi connectivity index (χ0v) is 11.5. The van der Waals surface area contributed by atoms with Gasteiger partial charge in [0.05, 0.1) is 0 Å². The maximum Gasteiger partial charge on any atom is 0.363 e. The average Bonchev–Trinajstić information content (AvgIpc) is 2.86. The number of ether oxygens (including phenoxy) is 2. The molecular weight excluding hydrogens is 285 g/mol. The van der Waals surface area contributed by atoms with E-state index in [0.717, 1.165) is 0 Å². The van der Waals surface area contributed by atoms with Gasteiger partial charge < -0.3 is 9.47 Å². The number of para-hydroxylation sites is 1. The first-order chi connectivity index (χ1) is 10.7. The molecule has 0 saturated carbocycles. The fourth-order valence-electron chi connectivity index (χ4n) is 1.93. The van der Waals surface area contributed by atoms with Crippen LogP contribution in [0.4, 0.5) is 4.39 Å². The van der Waals surface area contributed by atoms with Gasteiger partial charge in [0.1, 0.15) is 11.6 Å². The maximum absolute atomic E-state index is 13.1. The van der Waals surface area contributed by atoms with Crippen LogP contribution in [0.1, 0.15) is 5.56 Å². The van der Waals surface area contributed by atoms with Crippen molar-refractivity contribution in [1.29, 1.82) is 0 Å². The van der Waals surface area contributed by atoms with Crippen molar-refractivity contribution < 1.29 is 18.7 Å². The number of carbonyl (C=O) groups excluding carboxylic acids is 1.